The molecule has 0 aromatic heterocycles. The van der Waals surface area contributed by atoms with Gasteiger partial charge in [0.1, 0.15) is 17.5 Å². The number of ether oxygens (including phenoxy) is 2. The van der Waals surface area contributed by atoms with E-state index in [-0.39, 0.29) is 63.4 Å². The fourth-order valence-corrected chi connectivity index (χ4v) is 9.00. The van der Waals surface area contributed by atoms with Crippen LogP contribution in [0.15, 0.2) is 29.8 Å². The topological polar surface area (TPSA) is 174 Å². The van der Waals surface area contributed by atoms with Crippen molar-refractivity contribution in [2.45, 2.75) is 135 Å². The van der Waals surface area contributed by atoms with Crippen molar-refractivity contribution in [3.63, 3.8) is 0 Å². The molecule has 0 radical (unpaired) electrons. The predicted octanol–water partition coefficient (Wildman–Crippen LogP) is 4.89. The van der Waals surface area contributed by atoms with Gasteiger partial charge >= 0.3 is 12.1 Å². The fraction of sp³-hybridized carbons (Fsp3) is 0.641. The summed E-state index contributed by atoms with van der Waals surface area (Å²) in [6.07, 6.45) is 0.517. The van der Waals surface area contributed by atoms with Crippen molar-refractivity contribution < 1.29 is 51.0 Å². The molecular formula is C39H52FN3O10S. The lowest BCUT2D eigenvalue weighted by Crippen LogP contribution is -2.46. The minimum Gasteiger partial charge on any atom is -0.460 e. The number of halogens is 1. The average Bonchev–Trinajstić information content (AvgIpc) is 3.96. The number of nitrogens with one attached hydrogen (secondary N) is 1. The van der Waals surface area contributed by atoms with Gasteiger partial charge in [-0.2, -0.15) is 0 Å². The van der Waals surface area contributed by atoms with Crippen LogP contribution >= 0.6 is 0 Å². The normalized spacial score (nSPS) is 23.9. The third-order valence-electron chi connectivity index (χ3n) is 10.6. The Balaban J connectivity index is 1.39. The second-order valence-corrected chi connectivity index (χ2v) is 18.4. The first-order valence-corrected chi connectivity index (χ1v) is 20.3. The summed E-state index contributed by atoms with van der Waals surface area (Å²) >= 11 is 0. The van der Waals surface area contributed by atoms with E-state index in [1.54, 1.807) is 46.8 Å². The first-order chi connectivity index (χ1) is 25.2. The summed E-state index contributed by atoms with van der Waals surface area (Å²) < 4.78 is 53.4. The lowest BCUT2D eigenvalue weighted by Gasteiger charge is -2.29. The SMILES string of the molecule is CC[C@@H]1C[C@]1(CC(=O)[C@@H]1C[C@@H](OC(=O)N2Cc3cccc(F)c3C2)CN1C(=O)[C@H](CCC(=O)C=C(C)C)CC(=O)OC(C)(C)C)C(=O)NS(=O)(=O)C1CC1. The van der Waals surface area contributed by atoms with Crippen molar-refractivity contribution >= 4 is 45.5 Å². The molecule has 1 N–H and O–H groups in total. The molecular weight excluding hydrogens is 722 g/mol. The van der Waals surface area contributed by atoms with Crippen molar-refractivity contribution in [2.75, 3.05) is 6.54 Å². The molecule has 2 heterocycles. The molecule has 1 saturated heterocycles. The number of hydrogen-bond acceptors (Lipinski definition) is 10. The number of amides is 3. The van der Waals surface area contributed by atoms with Crippen molar-refractivity contribution in [3.05, 3.63) is 46.8 Å². The maximum absolute atomic E-state index is 14.5. The van der Waals surface area contributed by atoms with Crippen LogP contribution in [0.2, 0.25) is 0 Å². The fourth-order valence-electron chi connectivity index (χ4n) is 7.61. The Morgan fingerprint density at radius 3 is 2.39 bits per heavy atom. The van der Waals surface area contributed by atoms with Gasteiger partial charge in [0.25, 0.3) is 0 Å². The molecule has 5 rings (SSSR count). The predicted molar refractivity (Wildman–Crippen MR) is 194 cm³/mol. The standard InChI is InChI=1S/C39H52FN3O10S/c1-7-26-18-39(26,36(48)41-54(50,51)29-13-14-29)19-33(45)32-17-28(52-37(49)42-20-25-9-8-10-31(40)30(25)22-42)21-43(32)35(47)24(11-12-27(44)15-23(2)3)16-34(46)53-38(4,5)6/h8-10,15,24,26,28-29,32H,7,11-14,16-22H2,1-6H3,(H,41,48)/t24-,26-,28-,32+,39-/m1/s1. The molecule has 1 aromatic carbocycles. The number of benzene rings is 1. The monoisotopic (exact) mass is 773 g/mol. The van der Waals surface area contributed by atoms with E-state index in [9.17, 15) is 41.6 Å². The maximum Gasteiger partial charge on any atom is 0.410 e. The van der Waals surface area contributed by atoms with Crippen LogP contribution in [0.5, 0.6) is 0 Å². The van der Waals surface area contributed by atoms with Gasteiger partial charge in [-0.3, -0.25) is 33.6 Å². The first kappa shape index (κ1) is 41.0. The van der Waals surface area contributed by atoms with E-state index in [0.717, 1.165) is 5.57 Å². The smallest absolute Gasteiger partial charge is 0.410 e. The molecule has 54 heavy (non-hydrogen) atoms. The van der Waals surface area contributed by atoms with Crippen molar-refractivity contribution in [3.8, 4) is 0 Å². The molecule has 3 amide bonds. The minimum atomic E-state index is -3.89. The molecule has 4 aliphatic rings. The molecule has 5 atom stereocenters. The largest absolute Gasteiger partial charge is 0.460 e. The number of allylic oxidation sites excluding steroid dienone is 2. The van der Waals surface area contributed by atoms with E-state index in [1.807, 2.05) is 6.92 Å². The van der Waals surface area contributed by atoms with Crippen LogP contribution in [-0.2, 0) is 56.6 Å². The van der Waals surface area contributed by atoms with Crippen LogP contribution in [0.3, 0.4) is 0 Å². The molecule has 2 aliphatic heterocycles. The Morgan fingerprint density at radius 1 is 1.09 bits per heavy atom. The molecule has 0 spiro atoms. The third kappa shape index (κ3) is 9.74. The van der Waals surface area contributed by atoms with Crippen LogP contribution in [0.4, 0.5) is 9.18 Å². The number of nitrogens with zero attached hydrogens (tertiary/aromatic N) is 2. The highest BCUT2D eigenvalue weighted by molar-refractivity contribution is 7.90. The van der Waals surface area contributed by atoms with E-state index < -0.39 is 79.8 Å². The zero-order chi connectivity index (χ0) is 39.7. The molecule has 296 valence electrons. The number of rotatable bonds is 15. The summed E-state index contributed by atoms with van der Waals surface area (Å²) in [5, 5.41) is -0.642. The van der Waals surface area contributed by atoms with Gasteiger partial charge in [-0.25, -0.2) is 17.6 Å². The lowest BCUT2D eigenvalue weighted by molar-refractivity contribution is -0.159. The quantitative estimate of drug-likeness (QED) is 0.191. The van der Waals surface area contributed by atoms with Crippen LogP contribution in [-0.4, -0.2) is 83.2 Å². The summed E-state index contributed by atoms with van der Waals surface area (Å²) in [6.45, 7) is 10.3. The van der Waals surface area contributed by atoms with Gasteiger partial charge < -0.3 is 14.4 Å². The summed E-state index contributed by atoms with van der Waals surface area (Å²) in [7, 11) is -3.89. The van der Waals surface area contributed by atoms with E-state index >= 15 is 0 Å². The van der Waals surface area contributed by atoms with Gasteiger partial charge in [-0.1, -0.05) is 31.1 Å². The number of carbonyl (C=O) groups is 6. The highest BCUT2D eigenvalue weighted by Crippen LogP contribution is 2.58. The van der Waals surface area contributed by atoms with Gasteiger partial charge in [0.15, 0.2) is 11.6 Å². The second kappa shape index (κ2) is 15.9. The van der Waals surface area contributed by atoms with Crippen molar-refractivity contribution in [1.82, 2.24) is 14.5 Å². The number of fused-ring (bicyclic) bond motifs is 1. The lowest BCUT2D eigenvalue weighted by atomic mass is 9.90. The Labute approximate surface area is 316 Å². The minimum absolute atomic E-state index is 0.0178. The number of ketones is 2. The van der Waals surface area contributed by atoms with E-state index in [4.69, 9.17) is 9.47 Å². The Kier molecular flexibility index (Phi) is 12.1. The Morgan fingerprint density at radius 2 is 1.80 bits per heavy atom. The number of carbonyl (C=O) groups excluding carboxylic acids is 6. The third-order valence-corrected chi connectivity index (χ3v) is 12.4. The van der Waals surface area contributed by atoms with Gasteiger partial charge in [0.2, 0.25) is 21.8 Å². The van der Waals surface area contributed by atoms with Gasteiger partial charge in [-0.05, 0) is 83.9 Å². The zero-order valence-electron chi connectivity index (χ0n) is 31.9. The van der Waals surface area contributed by atoms with Crippen LogP contribution in [0.1, 0.15) is 110 Å². The molecule has 13 nitrogen and oxygen atoms in total. The summed E-state index contributed by atoms with van der Waals surface area (Å²) in [5.74, 6) is -4.55. The molecule has 0 bridgehead atoms. The molecule has 15 heteroatoms. The summed E-state index contributed by atoms with van der Waals surface area (Å²) in [4.78, 5) is 84.0. The molecule has 2 aliphatic carbocycles. The zero-order valence-corrected chi connectivity index (χ0v) is 32.8. The Bertz CT molecular complexity index is 1830. The van der Waals surface area contributed by atoms with E-state index in [2.05, 4.69) is 4.72 Å². The maximum atomic E-state index is 14.5. The van der Waals surface area contributed by atoms with Gasteiger partial charge in [0, 0.05) is 37.3 Å². The number of likely N-dealkylation sites (tertiary alicyclic amines) is 1. The van der Waals surface area contributed by atoms with Crippen LogP contribution in [0.25, 0.3) is 0 Å². The van der Waals surface area contributed by atoms with Crippen molar-refractivity contribution in [1.29, 1.82) is 0 Å². The summed E-state index contributed by atoms with van der Waals surface area (Å²) in [6, 6.07) is 3.40. The highest BCUT2D eigenvalue weighted by Gasteiger charge is 2.61. The van der Waals surface area contributed by atoms with Gasteiger partial charge in [-0.15, -0.1) is 0 Å². The molecule has 2 saturated carbocycles. The summed E-state index contributed by atoms with van der Waals surface area (Å²) in [5.41, 5.74) is -0.357. The van der Waals surface area contributed by atoms with E-state index in [1.165, 1.54) is 21.9 Å². The number of Topliss-reactive ketones (excluding diaryl/α,β-unsaturated/α-hetero) is 1. The Hall–Kier alpha value is -4.14. The van der Waals surface area contributed by atoms with Crippen LogP contribution in [0, 0.1) is 23.1 Å². The highest BCUT2D eigenvalue weighted by atomic mass is 32.2. The molecule has 0 unspecified atom stereocenters. The van der Waals surface area contributed by atoms with Gasteiger partial charge in [0.05, 0.1) is 36.2 Å². The number of sulfonamides is 1. The molecule has 1 aromatic rings. The average molecular weight is 774 g/mol. The number of hydrogen-bond donors (Lipinski definition) is 1. The molecule has 3 fully saturated rings. The van der Waals surface area contributed by atoms with Crippen molar-refractivity contribution in [2.24, 2.45) is 17.3 Å². The van der Waals surface area contributed by atoms with Crippen LogP contribution < -0.4 is 4.72 Å². The first-order valence-electron chi connectivity index (χ1n) is 18.7. The number of esters is 1. The van der Waals surface area contributed by atoms with E-state index in [0.29, 0.717) is 36.8 Å². The second-order valence-electron chi connectivity index (χ2n) is 16.5.